The van der Waals surface area contributed by atoms with E-state index in [1.165, 1.54) is 11.3 Å². The number of ketones is 1. The molecule has 2 aromatic rings. The van der Waals surface area contributed by atoms with Gasteiger partial charge in [0.05, 0.1) is 30.7 Å². The normalized spacial score (nSPS) is 23.9. The van der Waals surface area contributed by atoms with Crippen molar-refractivity contribution in [3.63, 3.8) is 0 Å². The van der Waals surface area contributed by atoms with E-state index in [1.54, 1.807) is 4.90 Å². The summed E-state index contributed by atoms with van der Waals surface area (Å²) in [6.07, 6.45) is 3.33. The lowest BCUT2D eigenvalue weighted by Crippen LogP contribution is -2.39. The van der Waals surface area contributed by atoms with Crippen LogP contribution in [0.15, 0.2) is 29.5 Å². The van der Waals surface area contributed by atoms with Crippen molar-refractivity contribution in [2.24, 2.45) is 5.92 Å². The molecular weight excluding hydrogens is 466 g/mol. The molecule has 5 rings (SSSR count). The van der Waals surface area contributed by atoms with Crippen LogP contribution in [0.25, 0.3) is 0 Å². The minimum atomic E-state index is -0.657. The monoisotopic (exact) mass is 497 g/mol. The second-order valence-corrected chi connectivity index (χ2v) is 10.4. The summed E-state index contributed by atoms with van der Waals surface area (Å²) in [5, 5.41) is 9.95. The Bertz CT molecular complexity index is 1170. The lowest BCUT2D eigenvalue weighted by atomic mass is 9.77. The minimum Gasteiger partial charge on any atom is -0.490 e. The standard InChI is InChI=1S/C26H31N3O5S/c1-5-32-18-12-11-15(13-19(18)33-6-2)21-20-22(30)16-9-7-8-10-17(16)34-23(20)25(31)29(21)26-28-27-24(35-26)14(3)4/h11-14,16-17,21H,5-10H2,1-4H3. The highest BCUT2D eigenvalue weighted by Gasteiger charge is 2.53. The van der Waals surface area contributed by atoms with Gasteiger partial charge in [-0.05, 0) is 50.8 Å². The lowest BCUT2D eigenvalue weighted by molar-refractivity contribution is -0.131. The van der Waals surface area contributed by atoms with Crippen molar-refractivity contribution in [2.45, 2.75) is 71.4 Å². The van der Waals surface area contributed by atoms with E-state index in [0.717, 1.165) is 36.3 Å². The van der Waals surface area contributed by atoms with Crippen molar-refractivity contribution in [1.29, 1.82) is 0 Å². The number of hydrogen-bond donors (Lipinski definition) is 0. The first-order valence-corrected chi connectivity index (χ1v) is 13.3. The fourth-order valence-electron chi connectivity index (χ4n) is 5.15. The van der Waals surface area contributed by atoms with Gasteiger partial charge >= 0.3 is 0 Å². The average molecular weight is 498 g/mol. The fraction of sp³-hybridized carbons (Fsp3) is 0.538. The molecule has 3 unspecified atom stereocenters. The van der Waals surface area contributed by atoms with Gasteiger partial charge < -0.3 is 14.2 Å². The predicted octanol–water partition coefficient (Wildman–Crippen LogP) is 4.96. The number of ether oxygens (including phenoxy) is 3. The maximum atomic E-state index is 13.8. The van der Waals surface area contributed by atoms with Crippen LogP contribution >= 0.6 is 11.3 Å². The van der Waals surface area contributed by atoms with Crippen molar-refractivity contribution in [2.75, 3.05) is 18.1 Å². The molecule has 0 spiro atoms. The van der Waals surface area contributed by atoms with Crippen LogP contribution in [-0.4, -0.2) is 41.2 Å². The summed E-state index contributed by atoms with van der Waals surface area (Å²) < 4.78 is 17.9. The van der Waals surface area contributed by atoms with Crippen molar-refractivity contribution < 1.29 is 23.8 Å². The van der Waals surface area contributed by atoms with E-state index in [1.807, 2.05) is 45.9 Å². The number of anilines is 1. The molecule has 35 heavy (non-hydrogen) atoms. The number of amides is 1. The zero-order valence-electron chi connectivity index (χ0n) is 20.6. The Hall–Kier alpha value is -2.94. The second kappa shape index (κ2) is 9.60. The molecule has 1 amide bonds. The average Bonchev–Trinajstić information content (AvgIpc) is 3.44. The molecule has 2 aliphatic heterocycles. The first kappa shape index (κ1) is 23.8. The van der Waals surface area contributed by atoms with E-state index < -0.39 is 6.04 Å². The number of fused-ring (bicyclic) bond motifs is 1. The van der Waals surface area contributed by atoms with Gasteiger partial charge in [0.1, 0.15) is 11.1 Å². The molecule has 1 saturated carbocycles. The van der Waals surface area contributed by atoms with E-state index in [9.17, 15) is 9.59 Å². The van der Waals surface area contributed by atoms with Crippen molar-refractivity contribution >= 4 is 28.2 Å². The molecule has 1 aromatic heterocycles. The van der Waals surface area contributed by atoms with Crippen molar-refractivity contribution in [3.8, 4) is 11.5 Å². The summed E-state index contributed by atoms with van der Waals surface area (Å²) >= 11 is 1.37. The smallest absolute Gasteiger partial charge is 0.296 e. The summed E-state index contributed by atoms with van der Waals surface area (Å²) in [5.41, 5.74) is 1.17. The van der Waals surface area contributed by atoms with Crippen LogP contribution in [-0.2, 0) is 14.3 Å². The summed E-state index contributed by atoms with van der Waals surface area (Å²) in [4.78, 5) is 29.2. The van der Waals surface area contributed by atoms with E-state index in [0.29, 0.717) is 35.4 Å². The first-order valence-electron chi connectivity index (χ1n) is 12.5. The number of benzene rings is 1. The number of Topliss-reactive ketones (excluding diaryl/α,β-unsaturated/α-hetero) is 1. The van der Waals surface area contributed by atoms with Gasteiger partial charge in [0.15, 0.2) is 23.0 Å². The van der Waals surface area contributed by atoms with Gasteiger partial charge in [-0.15, -0.1) is 10.2 Å². The molecule has 9 heteroatoms. The van der Waals surface area contributed by atoms with Crippen LogP contribution in [0.4, 0.5) is 5.13 Å². The predicted molar refractivity (Wildman–Crippen MR) is 132 cm³/mol. The zero-order chi connectivity index (χ0) is 24.7. The number of carbonyl (C=O) groups excluding carboxylic acids is 2. The van der Waals surface area contributed by atoms with E-state index in [2.05, 4.69) is 10.2 Å². The van der Waals surface area contributed by atoms with Gasteiger partial charge in [0.25, 0.3) is 5.91 Å². The Kier molecular flexibility index (Phi) is 6.53. The van der Waals surface area contributed by atoms with Crippen molar-refractivity contribution in [3.05, 3.63) is 40.1 Å². The maximum absolute atomic E-state index is 13.8. The zero-order valence-corrected chi connectivity index (χ0v) is 21.4. The molecule has 0 radical (unpaired) electrons. The fourth-order valence-corrected chi connectivity index (χ4v) is 6.03. The van der Waals surface area contributed by atoms with Gasteiger partial charge in [-0.1, -0.05) is 37.7 Å². The molecule has 3 atom stereocenters. The third-order valence-electron chi connectivity index (χ3n) is 6.78. The Morgan fingerprint density at radius 3 is 2.54 bits per heavy atom. The quantitative estimate of drug-likeness (QED) is 0.534. The van der Waals surface area contributed by atoms with Crippen LogP contribution in [0, 0.1) is 5.92 Å². The van der Waals surface area contributed by atoms with Gasteiger partial charge in [-0.25, -0.2) is 0 Å². The molecule has 1 aromatic carbocycles. The molecule has 8 nitrogen and oxygen atoms in total. The number of rotatable bonds is 7. The molecule has 0 saturated heterocycles. The molecule has 186 valence electrons. The molecule has 0 bridgehead atoms. The largest absolute Gasteiger partial charge is 0.490 e. The Labute approximate surface area is 209 Å². The molecule has 3 heterocycles. The number of nitrogens with zero attached hydrogens (tertiary/aromatic N) is 3. The summed E-state index contributed by atoms with van der Waals surface area (Å²) in [5.74, 6) is 1.00. The minimum absolute atomic E-state index is 0.0113. The van der Waals surface area contributed by atoms with Crippen LogP contribution in [0.1, 0.15) is 75.9 Å². The van der Waals surface area contributed by atoms with Gasteiger partial charge in [0, 0.05) is 5.92 Å². The number of hydrogen-bond acceptors (Lipinski definition) is 8. The highest BCUT2D eigenvalue weighted by molar-refractivity contribution is 7.15. The highest BCUT2D eigenvalue weighted by atomic mass is 32.1. The topological polar surface area (TPSA) is 90.9 Å². The first-order chi connectivity index (χ1) is 16.9. The van der Waals surface area contributed by atoms with E-state index in [-0.39, 0.29) is 35.4 Å². The SMILES string of the molecule is CCOc1ccc(C2C3=C(OC4CCCCC4C3=O)C(=O)N2c2nnc(C(C)C)s2)cc1OCC. The Balaban J connectivity index is 1.64. The van der Waals surface area contributed by atoms with Gasteiger partial charge in [-0.3, -0.25) is 14.5 Å². The maximum Gasteiger partial charge on any atom is 0.296 e. The number of carbonyl (C=O) groups is 2. The van der Waals surface area contributed by atoms with E-state index >= 15 is 0 Å². The molecular formula is C26H31N3O5S. The lowest BCUT2D eigenvalue weighted by Gasteiger charge is -2.35. The summed E-state index contributed by atoms with van der Waals surface area (Å²) in [6.45, 7) is 8.86. The Morgan fingerprint density at radius 2 is 1.83 bits per heavy atom. The van der Waals surface area contributed by atoms with Gasteiger partial charge in [-0.2, -0.15) is 0 Å². The van der Waals surface area contributed by atoms with Crippen LogP contribution < -0.4 is 14.4 Å². The van der Waals surface area contributed by atoms with Gasteiger partial charge in [0.2, 0.25) is 5.13 Å². The third-order valence-corrected chi connectivity index (χ3v) is 8.00. The van der Waals surface area contributed by atoms with E-state index in [4.69, 9.17) is 14.2 Å². The highest BCUT2D eigenvalue weighted by Crippen LogP contribution is 2.49. The molecule has 0 N–H and O–H groups in total. The number of aromatic nitrogens is 2. The van der Waals surface area contributed by atoms with Crippen molar-refractivity contribution in [1.82, 2.24) is 10.2 Å². The molecule has 1 fully saturated rings. The van der Waals surface area contributed by atoms with Crippen LogP contribution in [0.2, 0.25) is 0 Å². The summed E-state index contributed by atoms with van der Waals surface area (Å²) in [6, 6.07) is 4.93. The third kappa shape index (κ3) is 4.09. The Morgan fingerprint density at radius 1 is 1.09 bits per heavy atom. The molecule has 1 aliphatic carbocycles. The summed E-state index contributed by atoms with van der Waals surface area (Å²) in [7, 11) is 0. The van der Waals surface area contributed by atoms with Crippen LogP contribution in [0.5, 0.6) is 11.5 Å². The second-order valence-electron chi connectivity index (χ2n) is 9.38. The van der Waals surface area contributed by atoms with Crippen LogP contribution in [0.3, 0.4) is 0 Å². The molecule has 3 aliphatic rings.